The van der Waals surface area contributed by atoms with Crippen LogP contribution in [0, 0.1) is 13.8 Å². The molecular formula is C16H14BrNO2. The molecule has 2 aromatic rings. The standard InChI is InChI=1S/C16H14BrNO2/c1-10-8-11(2)18-16(20)15(10)14(19)7-6-12-4-3-5-13(17)9-12/h3-9H,1-2H3,(H,18,20)/b7-6+. The summed E-state index contributed by atoms with van der Waals surface area (Å²) < 4.78 is 0.941. The molecule has 0 aliphatic carbocycles. The van der Waals surface area contributed by atoms with Crippen LogP contribution in [0.25, 0.3) is 6.08 Å². The van der Waals surface area contributed by atoms with Crippen LogP contribution in [0.5, 0.6) is 0 Å². The number of ketones is 1. The van der Waals surface area contributed by atoms with Gasteiger partial charge in [-0.05, 0) is 49.2 Å². The number of aromatic amines is 1. The number of benzene rings is 1. The number of nitrogens with one attached hydrogen (secondary N) is 1. The van der Waals surface area contributed by atoms with Gasteiger partial charge in [0.05, 0.1) is 5.56 Å². The van der Waals surface area contributed by atoms with Gasteiger partial charge in [0, 0.05) is 10.2 Å². The van der Waals surface area contributed by atoms with Crippen LogP contribution in [0.2, 0.25) is 0 Å². The topological polar surface area (TPSA) is 49.9 Å². The summed E-state index contributed by atoms with van der Waals surface area (Å²) >= 11 is 3.37. The number of carbonyl (C=O) groups excluding carboxylic acids is 1. The lowest BCUT2D eigenvalue weighted by Gasteiger charge is -2.02. The molecule has 0 saturated heterocycles. The van der Waals surface area contributed by atoms with Crippen molar-refractivity contribution < 1.29 is 4.79 Å². The smallest absolute Gasteiger partial charge is 0.259 e. The molecule has 0 saturated carbocycles. The zero-order valence-electron chi connectivity index (χ0n) is 11.2. The van der Waals surface area contributed by atoms with Gasteiger partial charge in [-0.2, -0.15) is 0 Å². The molecule has 0 aliphatic heterocycles. The normalized spacial score (nSPS) is 10.9. The highest BCUT2D eigenvalue weighted by Gasteiger charge is 2.11. The third kappa shape index (κ3) is 3.33. The Balaban J connectivity index is 2.32. The summed E-state index contributed by atoms with van der Waals surface area (Å²) in [5.74, 6) is -0.288. The zero-order valence-corrected chi connectivity index (χ0v) is 12.8. The molecule has 0 bridgehead atoms. The van der Waals surface area contributed by atoms with Crippen molar-refractivity contribution in [2.75, 3.05) is 0 Å². The molecule has 1 N–H and O–H groups in total. The quantitative estimate of drug-likeness (QED) is 0.689. The van der Waals surface area contributed by atoms with E-state index in [1.54, 1.807) is 26.0 Å². The molecule has 1 aromatic carbocycles. The Kier molecular flexibility index (Phi) is 4.35. The highest BCUT2D eigenvalue weighted by Crippen LogP contribution is 2.13. The lowest BCUT2D eigenvalue weighted by Crippen LogP contribution is -2.19. The van der Waals surface area contributed by atoms with Gasteiger partial charge in [0.2, 0.25) is 0 Å². The van der Waals surface area contributed by atoms with Crippen molar-refractivity contribution in [2.24, 2.45) is 0 Å². The largest absolute Gasteiger partial charge is 0.326 e. The Hall–Kier alpha value is -1.94. The van der Waals surface area contributed by atoms with E-state index in [4.69, 9.17) is 0 Å². The van der Waals surface area contributed by atoms with Crippen molar-refractivity contribution in [3.63, 3.8) is 0 Å². The van der Waals surface area contributed by atoms with Crippen LogP contribution in [0.4, 0.5) is 0 Å². The van der Waals surface area contributed by atoms with Gasteiger partial charge in [-0.15, -0.1) is 0 Å². The van der Waals surface area contributed by atoms with Gasteiger partial charge in [0.1, 0.15) is 0 Å². The number of aromatic nitrogens is 1. The summed E-state index contributed by atoms with van der Waals surface area (Å²) in [6.45, 7) is 3.56. The molecule has 4 heteroatoms. The molecule has 2 rings (SSSR count). The van der Waals surface area contributed by atoms with E-state index in [1.165, 1.54) is 6.08 Å². The first-order valence-corrected chi connectivity index (χ1v) is 6.95. The summed E-state index contributed by atoms with van der Waals surface area (Å²) in [5.41, 5.74) is 2.19. The van der Waals surface area contributed by atoms with Crippen molar-refractivity contribution in [1.29, 1.82) is 0 Å². The van der Waals surface area contributed by atoms with Gasteiger partial charge < -0.3 is 4.98 Å². The predicted octanol–water partition coefficient (Wildman–Crippen LogP) is 3.65. The van der Waals surface area contributed by atoms with E-state index < -0.39 is 0 Å². The number of H-pyrrole nitrogens is 1. The zero-order chi connectivity index (χ0) is 14.7. The van der Waals surface area contributed by atoms with Crippen LogP contribution in [-0.4, -0.2) is 10.8 Å². The fraction of sp³-hybridized carbons (Fsp3) is 0.125. The second-order valence-corrected chi connectivity index (χ2v) is 5.51. The summed E-state index contributed by atoms with van der Waals surface area (Å²) in [4.78, 5) is 26.6. The molecule has 0 fully saturated rings. The van der Waals surface area contributed by atoms with Crippen molar-refractivity contribution in [2.45, 2.75) is 13.8 Å². The van der Waals surface area contributed by atoms with Crippen LogP contribution >= 0.6 is 15.9 Å². The Morgan fingerprint density at radius 2 is 2.00 bits per heavy atom. The summed E-state index contributed by atoms with van der Waals surface area (Å²) in [6, 6.07) is 9.38. The lowest BCUT2D eigenvalue weighted by atomic mass is 10.1. The Labute approximate surface area is 125 Å². The Bertz CT molecular complexity index is 744. The third-order valence-electron chi connectivity index (χ3n) is 2.89. The number of rotatable bonds is 3. The van der Waals surface area contributed by atoms with E-state index in [0.29, 0.717) is 5.56 Å². The molecule has 102 valence electrons. The first-order valence-electron chi connectivity index (χ1n) is 6.16. The number of allylic oxidation sites excluding steroid dienone is 1. The number of aryl methyl sites for hydroxylation is 2. The van der Waals surface area contributed by atoms with Gasteiger partial charge in [0.25, 0.3) is 5.56 Å². The molecule has 0 unspecified atom stereocenters. The molecule has 0 atom stereocenters. The molecule has 0 spiro atoms. The highest BCUT2D eigenvalue weighted by molar-refractivity contribution is 9.10. The predicted molar refractivity (Wildman–Crippen MR) is 84.0 cm³/mol. The SMILES string of the molecule is Cc1cc(C)c(C(=O)/C=C/c2cccc(Br)c2)c(=O)[nH]1. The van der Waals surface area contributed by atoms with E-state index in [-0.39, 0.29) is 16.9 Å². The van der Waals surface area contributed by atoms with Gasteiger partial charge in [-0.1, -0.05) is 34.1 Å². The van der Waals surface area contributed by atoms with E-state index in [0.717, 1.165) is 15.7 Å². The van der Waals surface area contributed by atoms with Gasteiger partial charge >= 0.3 is 0 Å². The summed E-state index contributed by atoms with van der Waals surface area (Å²) in [6.07, 6.45) is 3.13. The minimum atomic E-state index is -0.341. The van der Waals surface area contributed by atoms with Crippen LogP contribution in [0.3, 0.4) is 0 Å². The van der Waals surface area contributed by atoms with Crippen molar-refractivity contribution in [3.8, 4) is 0 Å². The van der Waals surface area contributed by atoms with Crippen LogP contribution in [0.1, 0.15) is 27.2 Å². The monoisotopic (exact) mass is 331 g/mol. The minimum absolute atomic E-state index is 0.196. The number of hydrogen-bond acceptors (Lipinski definition) is 2. The Morgan fingerprint density at radius 1 is 1.25 bits per heavy atom. The number of hydrogen-bond donors (Lipinski definition) is 1. The third-order valence-corrected chi connectivity index (χ3v) is 3.38. The molecule has 0 amide bonds. The van der Waals surface area contributed by atoms with E-state index in [2.05, 4.69) is 20.9 Å². The van der Waals surface area contributed by atoms with Gasteiger partial charge in [-0.25, -0.2) is 0 Å². The van der Waals surface area contributed by atoms with Gasteiger partial charge in [-0.3, -0.25) is 9.59 Å². The van der Waals surface area contributed by atoms with Crippen LogP contribution in [0.15, 0.2) is 45.7 Å². The second kappa shape index (κ2) is 6.01. The fourth-order valence-corrected chi connectivity index (χ4v) is 2.44. The van der Waals surface area contributed by atoms with Gasteiger partial charge in [0.15, 0.2) is 5.78 Å². The van der Waals surface area contributed by atoms with E-state index in [1.807, 2.05) is 24.3 Å². The number of pyridine rings is 1. The second-order valence-electron chi connectivity index (χ2n) is 4.59. The minimum Gasteiger partial charge on any atom is -0.326 e. The maximum absolute atomic E-state index is 12.1. The van der Waals surface area contributed by atoms with E-state index >= 15 is 0 Å². The molecule has 1 aromatic heterocycles. The molecule has 1 heterocycles. The molecular weight excluding hydrogens is 318 g/mol. The average Bonchev–Trinajstić information content (AvgIpc) is 2.35. The van der Waals surface area contributed by atoms with Crippen molar-refractivity contribution in [1.82, 2.24) is 4.98 Å². The lowest BCUT2D eigenvalue weighted by molar-refractivity contribution is 0.104. The maximum atomic E-state index is 12.1. The van der Waals surface area contributed by atoms with Crippen LogP contribution in [-0.2, 0) is 0 Å². The van der Waals surface area contributed by atoms with E-state index in [9.17, 15) is 9.59 Å². The fourth-order valence-electron chi connectivity index (χ4n) is 2.03. The van der Waals surface area contributed by atoms with Crippen molar-refractivity contribution >= 4 is 27.8 Å². The molecule has 0 aliphatic rings. The summed E-state index contributed by atoms with van der Waals surface area (Å²) in [7, 11) is 0. The van der Waals surface area contributed by atoms with Crippen molar-refractivity contribution in [3.05, 3.63) is 73.6 Å². The summed E-state index contributed by atoms with van der Waals surface area (Å²) in [5, 5.41) is 0. The Morgan fingerprint density at radius 3 is 2.65 bits per heavy atom. The first-order chi connectivity index (χ1) is 9.47. The molecule has 0 radical (unpaired) electrons. The maximum Gasteiger partial charge on any atom is 0.259 e. The highest BCUT2D eigenvalue weighted by atomic mass is 79.9. The number of halogens is 1. The number of carbonyl (C=O) groups is 1. The molecule has 3 nitrogen and oxygen atoms in total. The van der Waals surface area contributed by atoms with Crippen LogP contribution < -0.4 is 5.56 Å². The first kappa shape index (κ1) is 14.5. The molecule has 20 heavy (non-hydrogen) atoms. The average molecular weight is 332 g/mol.